The number of ether oxygens (including phenoxy) is 1. The van der Waals surface area contributed by atoms with Crippen LogP contribution in [0.1, 0.15) is 28.7 Å². The average molecular weight is 630 g/mol. The second kappa shape index (κ2) is 11.8. The van der Waals surface area contributed by atoms with Crippen LogP contribution in [0.4, 0.5) is 5.82 Å². The van der Waals surface area contributed by atoms with Crippen LogP contribution in [-0.4, -0.2) is 74.8 Å². The van der Waals surface area contributed by atoms with E-state index in [-0.39, 0.29) is 41.3 Å². The maximum Gasteiger partial charge on any atom is 0.338 e. The molecule has 1 aromatic carbocycles. The monoisotopic (exact) mass is 629 g/mol. The molecule has 224 valence electrons. The number of hydrogen-bond donors (Lipinski definition) is 1. The molecular formula is C31H28ClN7O4S. The normalized spacial score (nSPS) is 15.5. The zero-order valence-electron chi connectivity index (χ0n) is 24.2. The minimum atomic E-state index is -1.05. The van der Waals surface area contributed by atoms with Gasteiger partial charge < -0.3 is 19.6 Å². The lowest BCUT2D eigenvalue weighted by molar-refractivity contribution is 0.0699. The molecule has 4 aromatic heterocycles. The topological polar surface area (TPSA) is 137 Å². The summed E-state index contributed by atoms with van der Waals surface area (Å²) in [5.74, 6) is 0.443. The number of likely N-dealkylation sites (N-methyl/N-ethyl adjacent to an activating group) is 1. The second-order valence-corrected chi connectivity index (χ2v) is 12.0. The van der Waals surface area contributed by atoms with Gasteiger partial charge in [-0.05, 0) is 45.2 Å². The molecule has 0 spiro atoms. The lowest BCUT2D eigenvalue weighted by Gasteiger charge is -2.39. The Balaban J connectivity index is 1.33. The number of carboxylic acids is 1. The Labute approximate surface area is 261 Å². The summed E-state index contributed by atoms with van der Waals surface area (Å²) in [6.07, 6.45) is 3.13. The number of anilines is 1. The van der Waals surface area contributed by atoms with Gasteiger partial charge in [-0.1, -0.05) is 11.6 Å². The maximum atomic E-state index is 13.9. The fourth-order valence-corrected chi connectivity index (χ4v) is 6.93. The Morgan fingerprint density at radius 3 is 2.82 bits per heavy atom. The maximum absolute atomic E-state index is 13.9. The van der Waals surface area contributed by atoms with Crippen LogP contribution >= 0.6 is 22.9 Å². The number of thiophene rings is 1. The molecule has 0 bridgehead atoms. The van der Waals surface area contributed by atoms with Crippen molar-refractivity contribution in [3.8, 4) is 22.9 Å². The number of halogens is 1. The summed E-state index contributed by atoms with van der Waals surface area (Å²) in [6, 6.07) is 9.36. The van der Waals surface area contributed by atoms with Crippen LogP contribution in [-0.2, 0) is 6.54 Å². The van der Waals surface area contributed by atoms with E-state index in [1.54, 1.807) is 49.0 Å². The van der Waals surface area contributed by atoms with Crippen molar-refractivity contribution in [3.63, 3.8) is 0 Å². The largest absolute Gasteiger partial charge is 0.491 e. The minimum absolute atomic E-state index is 0.122. The minimum Gasteiger partial charge on any atom is -0.491 e. The fourth-order valence-electron chi connectivity index (χ4n) is 5.73. The zero-order valence-corrected chi connectivity index (χ0v) is 25.8. The van der Waals surface area contributed by atoms with Crippen molar-refractivity contribution in [1.82, 2.24) is 24.4 Å². The molecule has 1 fully saturated rings. The number of aromatic nitrogens is 4. The number of piperazine rings is 1. The van der Waals surface area contributed by atoms with Gasteiger partial charge in [-0.15, -0.1) is 11.3 Å². The predicted octanol–water partition coefficient (Wildman–Crippen LogP) is 4.82. The second-order valence-electron chi connectivity index (χ2n) is 10.7. The fraction of sp³-hybridized carbons (Fsp3) is 0.290. The van der Waals surface area contributed by atoms with Crippen molar-refractivity contribution in [1.29, 1.82) is 5.26 Å². The Hall–Kier alpha value is -4.57. The van der Waals surface area contributed by atoms with Gasteiger partial charge in [0.15, 0.2) is 0 Å². The van der Waals surface area contributed by atoms with Crippen LogP contribution in [0.15, 0.2) is 46.8 Å². The smallest absolute Gasteiger partial charge is 0.338 e. The summed E-state index contributed by atoms with van der Waals surface area (Å²) in [4.78, 5) is 43.3. The molecule has 1 unspecified atom stereocenters. The van der Waals surface area contributed by atoms with Crippen LogP contribution in [0.5, 0.6) is 5.75 Å². The first-order valence-corrected chi connectivity index (χ1v) is 15.2. The van der Waals surface area contributed by atoms with E-state index in [0.717, 1.165) is 18.7 Å². The Bertz CT molecular complexity index is 2040. The molecule has 44 heavy (non-hydrogen) atoms. The summed E-state index contributed by atoms with van der Waals surface area (Å²) in [5, 5.41) is 22.1. The zero-order chi connectivity index (χ0) is 31.1. The number of hydrogen-bond acceptors (Lipinski definition) is 10. The average Bonchev–Trinajstić information content (AvgIpc) is 3.44. The molecule has 11 nitrogen and oxygen atoms in total. The first kappa shape index (κ1) is 29.5. The summed E-state index contributed by atoms with van der Waals surface area (Å²) >= 11 is 7.65. The van der Waals surface area contributed by atoms with Crippen LogP contribution in [0.25, 0.3) is 32.2 Å². The van der Waals surface area contributed by atoms with Crippen molar-refractivity contribution >= 4 is 55.8 Å². The van der Waals surface area contributed by atoms with Gasteiger partial charge in [0, 0.05) is 53.4 Å². The van der Waals surface area contributed by atoms with Crippen molar-refractivity contribution in [2.75, 3.05) is 38.2 Å². The molecule has 5 heterocycles. The lowest BCUT2D eigenvalue weighted by atomic mass is 10.0. The molecule has 0 aliphatic carbocycles. The van der Waals surface area contributed by atoms with E-state index in [2.05, 4.69) is 44.8 Å². The molecule has 1 saturated heterocycles. The molecule has 0 radical (unpaired) electrons. The number of carbonyl (C=O) groups is 1. The highest BCUT2D eigenvalue weighted by molar-refractivity contribution is 7.18. The molecule has 1 atom stereocenters. The number of benzene rings is 1. The first-order valence-electron chi connectivity index (χ1n) is 14.0. The van der Waals surface area contributed by atoms with E-state index in [1.165, 1.54) is 15.9 Å². The van der Waals surface area contributed by atoms with Crippen LogP contribution in [0, 0.1) is 18.3 Å². The van der Waals surface area contributed by atoms with Crippen LogP contribution in [0.2, 0.25) is 5.02 Å². The van der Waals surface area contributed by atoms with Gasteiger partial charge in [-0.3, -0.25) is 14.3 Å². The summed E-state index contributed by atoms with van der Waals surface area (Å²) in [6.45, 7) is 6.46. The molecule has 6 rings (SSSR count). The van der Waals surface area contributed by atoms with E-state index in [1.807, 2.05) is 0 Å². The quantitative estimate of drug-likeness (QED) is 0.267. The number of fused-ring (bicyclic) bond motifs is 2. The molecule has 1 N–H and O–H groups in total. The van der Waals surface area contributed by atoms with Crippen LogP contribution in [0.3, 0.4) is 0 Å². The van der Waals surface area contributed by atoms with Gasteiger partial charge in [0.1, 0.15) is 35.6 Å². The SMILES string of the molecule is Cc1nc2cnc(N3CCN(C)CC3C)c(C#N)c2c(=O)n1CCOc1ccc(Cl)cc1-c1ccnc2c(C(=O)O)csc12. The van der Waals surface area contributed by atoms with Crippen LogP contribution < -0.4 is 15.2 Å². The summed E-state index contributed by atoms with van der Waals surface area (Å²) < 4.78 is 8.42. The van der Waals surface area contributed by atoms with Gasteiger partial charge in [0.05, 0.1) is 39.4 Å². The first-order chi connectivity index (χ1) is 21.2. The third-order valence-corrected chi connectivity index (χ3v) is 9.11. The van der Waals surface area contributed by atoms with Gasteiger partial charge >= 0.3 is 5.97 Å². The summed E-state index contributed by atoms with van der Waals surface area (Å²) in [7, 11) is 2.06. The highest BCUT2D eigenvalue weighted by Gasteiger charge is 2.27. The van der Waals surface area contributed by atoms with Gasteiger partial charge in [-0.25, -0.2) is 14.8 Å². The predicted molar refractivity (Wildman–Crippen MR) is 170 cm³/mol. The Kier molecular flexibility index (Phi) is 7.94. The highest BCUT2D eigenvalue weighted by atomic mass is 35.5. The van der Waals surface area contributed by atoms with Crippen molar-refractivity contribution in [2.24, 2.45) is 0 Å². The van der Waals surface area contributed by atoms with Crippen molar-refractivity contribution in [2.45, 2.75) is 26.4 Å². The van der Waals surface area contributed by atoms with E-state index in [9.17, 15) is 20.0 Å². The molecule has 5 aromatic rings. The molecule has 0 saturated carbocycles. The lowest BCUT2D eigenvalue weighted by Crippen LogP contribution is -2.51. The van der Waals surface area contributed by atoms with Gasteiger partial charge in [-0.2, -0.15) is 5.26 Å². The molecule has 1 aliphatic rings. The number of carboxylic acid groups (broad SMARTS) is 1. The van der Waals surface area contributed by atoms with E-state index in [0.29, 0.717) is 50.3 Å². The number of rotatable bonds is 7. The number of aromatic carboxylic acids is 1. The van der Waals surface area contributed by atoms with Crippen molar-refractivity contribution in [3.05, 3.63) is 74.4 Å². The summed E-state index contributed by atoms with van der Waals surface area (Å²) in [5.41, 5.74) is 2.21. The van der Waals surface area contributed by atoms with E-state index >= 15 is 0 Å². The van der Waals surface area contributed by atoms with Gasteiger partial charge in [0.25, 0.3) is 5.56 Å². The molecule has 1 aliphatic heterocycles. The molecular weight excluding hydrogens is 602 g/mol. The molecule has 13 heteroatoms. The Morgan fingerprint density at radius 1 is 1.25 bits per heavy atom. The number of pyridine rings is 2. The van der Waals surface area contributed by atoms with Crippen molar-refractivity contribution < 1.29 is 14.6 Å². The van der Waals surface area contributed by atoms with E-state index in [4.69, 9.17) is 16.3 Å². The third-order valence-electron chi connectivity index (χ3n) is 7.87. The van der Waals surface area contributed by atoms with Gasteiger partial charge in [0.2, 0.25) is 0 Å². The Morgan fingerprint density at radius 2 is 2.07 bits per heavy atom. The highest BCUT2D eigenvalue weighted by Crippen LogP contribution is 2.39. The standard InChI is InChI=1S/C31H28ClN7O4S/c1-17-15-37(3)8-9-38(17)29-22(13-33)26-24(14-35-29)36-18(2)39(30(26)40)10-11-43-25-5-4-19(32)12-21(25)20-6-7-34-27-23(31(41)42)16-44-28(20)27/h4-7,12,14,16-17H,8-11,15H2,1-3H3,(H,41,42). The van der Waals surface area contributed by atoms with E-state index < -0.39 is 5.97 Å². The number of nitrogens with zero attached hydrogens (tertiary/aromatic N) is 7. The third kappa shape index (κ3) is 5.23. The number of nitriles is 1. The number of aryl methyl sites for hydroxylation is 1. The molecule has 0 amide bonds.